The van der Waals surface area contributed by atoms with Gasteiger partial charge in [0, 0.05) is 0 Å². The van der Waals surface area contributed by atoms with Gasteiger partial charge in [-0.2, -0.15) is 0 Å². The molecule has 33 heavy (non-hydrogen) atoms. The third kappa shape index (κ3) is 4.92. The highest BCUT2D eigenvalue weighted by molar-refractivity contribution is 5.93. The van der Waals surface area contributed by atoms with Crippen LogP contribution in [0, 0.1) is 0 Å². The van der Waals surface area contributed by atoms with Crippen LogP contribution < -0.4 is 28.4 Å². The van der Waals surface area contributed by atoms with Crippen molar-refractivity contribution < 1.29 is 33.5 Å². The fourth-order valence-electron chi connectivity index (χ4n) is 3.56. The van der Waals surface area contributed by atoms with Crippen molar-refractivity contribution in [1.29, 1.82) is 0 Å². The molecule has 0 fully saturated rings. The Labute approximate surface area is 193 Å². The lowest BCUT2D eigenvalue weighted by atomic mass is 9.94. The SMILES string of the molecule is COc1cc(/C=C(/c2ccc(O)cc2)c2cc(OC)c(OC)c(OC)c2)cc(OC)c1OC. The lowest BCUT2D eigenvalue weighted by molar-refractivity contribution is 0.324. The number of phenols is 1. The number of benzene rings is 3. The van der Waals surface area contributed by atoms with Crippen molar-refractivity contribution in [3.05, 3.63) is 65.2 Å². The fourth-order valence-corrected chi connectivity index (χ4v) is 3.56. The van der Waals surface area contributed by atoms with Crippen molar-refractivity contribution in [2.45, 2.75) is 0 Å². The Morgan fingerprint density at radius 2 is 1.00 bits per heavy atom. The summed E-state index contributed by atoms with van der Waals surface area (Å²) < 4.78 is 33.0. The zero-order valence-electron chi connectivity index (χ0n) is 19.6. The molecule has 0 aromatic heterocycles. The number of hydrogen-bond donors (Lipinski definition) is 1. The van der Waals surface area contributed by atoms with Crippen LogP contribution in [0.4, 0.5) is 0 Å². The first-order chi connectivity index (χ1) is 16.0. The smallest absolute Gasteiger partial charge is 0.203 e. The molecule has 3 aromatic rings. The van der Waals surface area contributed by atoms with E-state index < -0.39 is 0 Å². The van der Waals surface area contributed by atoms with Gasteiger partial charge in [0.15, 0.2) is 23.0 Å². The largest absolute Gasteiger partial charge is 0.508 e. The van der Waals surface area contributed by atoms with Crippen molar-refractivity contribution in [2.24, 2.45) is 0 Å². The van der Waals surface area contributed by atoms with Gasteiger partial charge in [-0.1, -0.05) is 12.1 Å². The summed E-state index contributed by atoms with van der Waals surface area (Å²) >= 11 is 0. The number of rotatable bonds is 9. The van der Waals surface area contributed by atoms with Crippen LogP contribution in [0.5, 0.6) is 40.2 Å². The van der Waals surface area contributed by atoms with E-state index in [4.69, 9.17) is 28.4 Å². The molecule has 0 saturated carbocycles. The lowest BCUT2D eigenvalue weighted by Gasteiger charge is -2.17. The van der Waals surface area contributed by atoms with E-state index in [-0.39, 0.29) is 5.75 Å². The Morgan fingerprint density at radius 3 is 1.39 bits per heavy atom. The monoisotopic (exact) mass is 452 g/mol. The molecule has 0 bridgehead atoms. The molecule has 0 heterocycles. The molecular formula is C26H28O7. The summed E-state index contributed by atoms with van der Waals surface area (Å²) in [7, 11) is 9.42. The molecule has 0 radical (unpaired) electrons. The molecule has 3 aromatic carbocycles. The maximum absolute atomic E-state index is 9.80. The van der Waals surface area contributed by atoms with E-state index in [0.29, 0.717) is 34.5 Å². The molecule has 3 rings (SSSR count). The van der Waals surface area contributed by atoms with Crippen LogP contribution in [0.25, 0.3) is 11.6 Å². The van der Waals surface area contributed by atoms with Crippen LogP contribution in [-0.4, -0.2) is 47.8 Å². The van der Waals surface area contributed by atoms with E-state index in [0.717, 1.165) is 22.3 Å². The summed E-state index contributed by atoms with van der Waals surface area (Å²) in [6.07, 6.45) is 1.98. The Balaban J connectivity index is 2.29. The predicted molar refractivity (Wildman–Crippen MR) is 127 cm³/mol. The van der Waals surface area contributed by atoms with Crippen molar-refractivity contribution >= 4 is 11.6 Å². The van der Waals surface area contributed by atoms with Gasteiger partial charge in [-0.25, -0.2) is 0 Å². The van der Waals surface area contributed by atoms with Crippen LogP contribution in [0.2, 0.25) is 0 Å². The summed E-state index contributed by atoms with van der Waals surface area (Å²) in [5, 5.41) is 9.80. The summed E-state index contributed by atoms with van der Waals surface area (Å²) in [6, 6.07) is 14.4. The highest BCUT2D eigenvalue weighted by Crippen LogP contribution is 2.43. The Morgan fingerprint density at radius 1 is 0.576 bits per heavy atom. The molecule has 0 amide bonds. The molecule has 0 saturated heterocycles. The standard InChI is InChI=1S/C26H28O7/c1-28-21-12-16(13-22(29-2)25(21)32-5)11-20(17-7-9-19(27)10-8-17)18-14-23(30-3)26(33-6)24(15-18)31-4/h7-15,27H,1-6H3/b20-11-. The molecule has 7 heteroatoms. The van der Waals surface area contributed by atoms with Gasteiger partial charge in [-0.05, 0) is 64.7 Å². The number of phenolic OH excluding ortho intramolecular Hbond substituents is 1. The first-order valence-corrected chi connectivity index (χ1v) is 10.1. The second-order valence-corrected chi connectivity index (χ2v) is 6.98. The van der Waals surface area contributed by atoms with E-state index in [9.17, 15) is 5.11 Å². The first kappa shape index (κ1) is 23.7. The van der Waals surface area contributed by atoms with E-state index in [1.165, 1.54) is 0 Å². The van der Waals surface area contributed by atoms with Crippen molar-refractivity contribution in [3.8, 4) is 40.2 Å². The van der Waals surface area contributed by atoms with Gasteiger partial charge in [0.1, 0.15) is 5.75 Å². The molecule has 0 spiro atoms. The molecular weight excluding hydrogens is 424 g/mol. The minimum Gasteiger partial charge on any atom is -0.508 e. The number of ether oxygens (including phenoxy) is 6. The van der Waals surface area contributed by atoms with Gasteiger partial charge >= 0.3 is 0 Å². The van der Waals surface area contributed by atoms with Gasteiger partial charge in [0.25, 0.3) is 0 Å². The zero-order chi connectivity index (χ0) is 24.0. The number of methoxy groups -OCH3 is 6. The minimum atomic E-state index is 0.177. The Hall–Kier alpha value is -4.00. The van der Waals surface area contributed by atoms with Crippen molar-refractivity contribution in [2.75, 3.05) is 42.7 Å². The summed E-state index contributed by atoms with van der Waals surface area (Å²) in [5.74, 6) is 3.33. The van der Waals surface area contributed by atoms with E-state index in [1.807, 2.05) is 42.5 Å². The minimum absolute atomic E-state index is 0.177. The zero-order valence-corrected chi connectivity index (χ0v) is 19.6. The predicted octanol–water partition coefficient (Wildman–Crippen LogP) is 5.03. The summed E-state index contributed by atoms with van der Waals surface area (Å²) in [5.41, 5.74) is 3.37. The van der Waals surface area contributed by atoms with Crippen LogP contribution in [0.1, 0.15) is 16.7 Å². The average Bonchev–Trinajstić information content (AvgIpc) is 2.86. The highest BCUT2D eigenvalue weighted by Gasteiger charge is 2.18. The van der Waals surface area contributed by atoms with Gasteiger partial charge in [0.05, 0.1) is 42.7 Å². The third-order valence-electron chi connectivity index (χ3n) is 5.15. The molecule has 0 aliphatic carbocycles. The molecule has 0 aliphatic heterocycles. The van der Waals surface area contributed by atoms with Gasteiger partial charge in [0.2, 0.25) is 11.5 Å². The fraction of sp³-hybridized carbons (Fsp3) is 0.231. The van der Waals surface area contributed by atoms with E-state index in [1.54, 1.807) is 54.8 Å². The maximum atomic E-state index is 9.80. The third-order valence-corrected chi connectivity index (χ3v) is 5.15. The van der Waals surface area contributed by atoms with Gasteiger partial charge < -0.3 is 33.5 Å². The lowest BCUT2D eigenvalue weighted by Crippen LogP contribution is -1.98. The maximum Gasteiger partial charge on any atom is 0.203 e. The Kier molecular flexibility index (Phi) is 7.56. The van der Waals surface area contributed by atoms with Crippen LogP contribution in [-0.2, 0) is 0 Å². The molecule has 0 atom stereocenters. The molecule has 0 aliphatic rings. The van der Waals surface area contributed by atoms with E-state index >= 15 is 0 Å². The van der Waals surface area contributed by atoms with Gasteiger partial charge in [-0.15, -0.1) is 0 Å². The molecule has 0 unspecified atom stereocenters. The van der Waals surface area contributed by atoms with E-state index in [2.05, 4.69) is 0 Å². The molecule has 174 valence electrons. The van der Waals surface area contributed by atoms with Crippen molar-refractivity contribution in [1.82, 2.24) is 0 Å². The number of aromatic hydroxyl groups is 1. The average molecular weight is 453 g/mol. The van der Waals surface area contributed by atoms with Crippen molar-refractivity contribution in [3.63, 3.8) is 0 Å². The molecule has 7 nitrogen and oxygen atoms in total. The second kappa shape index (κ2) is 10.5. The quantitative estimate of drug-likeness (QED) is 0.456. The van der Waals surface area contributed by atoms with Crippen LogP contribution in [0.3, 0.4) is 0 Å². The highest BCUT2D eigenvalue weighted by atomic mass is 16.5. The first-order valence-electron chi connectivity index (χ1n) is 10.1. The second-order valence-electron chi connectivity index (χ2n) is 6.98. The molecule has 1 N–H and O–H groups in total. The Bertz CT molecular complexity index is 1080. The number of hydrogen-bond acceptors (Lipinski definition) is 7. The van der Waals surface area contributed by atoms with Crippen LogP contribution >= 0.6 is 0 Å². The topological polar surface area (TPSA) is 75.6 Å². The normalized spacial score (nSPS) is 11.0. The summed E-state index contributed by atoms with van der Waals surface area (Å²) in [4.78, 5) is 0. The summed E-state index contributed by atoms with van der Waals surface area (Å²) in [6.45, 7) is 0. The van der Waals surface area contributed by atoms with Crippen LogP contribution in [0.15, 0.2) is 48.5 Å². The van der Waals surface area contributed by atoms with Gasteiger partial charge in [-0.3, -0.25) is 0 Å².